The Kier molecular flexibility index (Phi) is 5.59. The van der Waals surface area contributed by atoms with E-state index in [1.165, 1.54) is 6.07 Å². The van der Waals surface area contributed by atoms with Crippen LogP contribution in [0.4, 0.5) is 4.39 Å². The number of hydrogen-bond donors (Lipinski definition) is 2. The largest absolute Gasteiger partial charge is 0.384 e. The molecule has 1 aromatic rings. The highest BCUT2D eigenvalue weighted by Crippen LogP contribution is 2.11. The van der Waals surface area contributed by atoms with E-state index in [0.717, 1.165) is 0 Å². The first-order valence-electron chi connectivity index (χ1n) is 5.43. The molecule has 0 saturated carbocycles. The summed E-state index contributed by atoms with van der Waals surface area (Å²) in [7, 11) is 0. The summed E-state index contributed by atoms with van der Waals surface area (Å²) in [6.45, 7) is 3.67. The highest BCUT2D eigenvalue weighted by Gasteiger charge is 2.05. The molecule has 0 unspecified atom stereocenters. The molecule has 0 bridgehead atoms. The number of rotatable bonds is 7. The number of benzene rings is 1. The van der Waals surface area contributed by atoms with Gasteiger partial charge in [-0.05, 0) is 13.0 Å². The van der Waals surface area contributed by atoms with E-state index in [9.17, 15) is 4.39 Å². The lowest BCUT2D eigenvalue weighted by atomic mass is 10.1. The minimum absolute atomic E-state index is 0.146. The lowest BCUT2D eigenvalue weighted by Gasteiger charge is -2.07. The zero-order valence-electron chi connectivity index (χ0n) is 9.83. The summed E-state index contributed by atoms with van der Waals surface area (Å²) in [6.07, 6.45) is 0. The van der Waals surface area contributed by atoms with Gasteiger partial charge in [-0.2, -0.15) is 0 Å². The Labute approximate surface area is 100 Å². The monoisotopic (exact) mass is 240 g/mol. The highest BCUT2D eigenvalue weighted by atomic mass is 19.1. The summed E-state index contributed by atoms with van der Waals surface area (Å²) in [4.78, 5) is 0. The number of halogens is 1. The van der Waals surface area contributed by atoms with Crippen LogP contribution in [0, 0.1) is 11.2 Å². The van der Waals surface area contributed by atoms with E-state index in [0.29, 0.717) is 30.9 Å². The van der Waals surface area contributed by atoms with Gasteiger partial charge in [0.1, 0.15) is 11.7 Å². The van der Waals surface area contributed by atoms with Gasteiger partial charge in [-0.25, -0.2) is 4.39 Å². The van der Waals surface area contributed by atoms with Gasteiger partial charge in [-0.1, -0.05) is 12.1 Å². The lowest BCUT2D eigenvalue weighted by Crippen LogP contribution is -2.12. The molecule has 1 rings (SSSR count). The normalized spacial score (nSPS) is 10.5. The molecule has 0 heterocycles. The third-order valence-electron chi connectivity index (χ3n) is 2.20. The molecule has 0 aliphatic carbocycles. The minimum Gasteiger partial charge on any atom is -0.384 e. The van der Waals surface area contributed by atoms with Crippen LogP contribution in [-0.4, -0.2) is 25.7 Å². The third-order valence-corrected chi connectivity index (χ3v) is 2.20. The van der Waals surface area contributed by atoms with Crippen LogP contribution in [-0.2, 0) is 16.1 Å². The average Bonchev–Trinajstić information content (AvgIpc) is 2.30. The zero-order valence-corrected chi connectivity index (χ0v) is 9.83. The molecule has 0 atom stereocenters. The van der Waals surface area contributed by atoms with Crippen molar-refractivity contribution in [1.82, 2.24) is 0 Å². The van der Waals surface area contributed by atoms with Gasteiger partial charge >= 0.3 is 0 Å². The van der Waals surface area contributed by atoms with Crippen molar-refractivity contribution in [3.05, 3.63) is 35.1 Å². The average molecular weight is 240 g/mol. The van der Waals surface area contributed by atoms with Crippen LogP contribution in [0.3, 0.4) is 0 Å². The third kappa shape index (κ3) is 4.50. The summed E-state index contributed by atoms with van der Waals surface area (Å²) in [6, 6.07) is 4.42. The Bertz CT molecular complexity index is 383. The predicted molar refractivity (Wildman–Crippen MR) is 63.6 cm³/mol. The predicted octanol–water partition coefficient (Wildman–Crippen LogP) is 1.66. The first-order chi connectivity index (χ1) is 8.15. The second kappa shape index (κ2) is 6.98. The molecule has 0 radical (unpaired) electrons. The van der Waals surface area contributed by atoms with Crippen LogP contribution >= 0.6 is 0 Å². The quantitative estimate of drug-likeness (QED) is 0.432. The lowest BCUT2D eigenvalue weighted by molar-refractivity contribution is 0.0443. The summed E-state index contributed by atoms with van der Waals surface area (Å²) in [5.74, 6) is -0.554. The number of hydrogen-bond acceptors (Lipinski definition) is 3. The van der Waals surface area contributed by atoms with E-state index < -0.39 is 5.82 Å². The first kappa shape index (κ1) is 13.6. The molecule has 0 fully saturated rings. The van der Waals surface area contributed by atoms with Crippen molar-refractivity contribution in [3.63, 3.8) is 0 Å². The Morgan fingerprint density at radius 2 is 2.06 bits per heavy atom. The van der Waals surface area contributed by atoms with Crippen LogP contribution in [0.5, 0.6) is 0 Å². The van der Waals surface area contributed by atoms with E-state index in [1.54, 1.807) is 12.1 Å². The van der Waals surface area contributed by atoms with Crippen molar-refractivity contribution in [2.75, 3.05) is 19.8 Å². The fourth-order valence-corrected chi connectivity index (χ4v) is 1.28. The number of nitrogens with one attached hydrogen (secondary N) is 1. The topological polar surface area (TPSA) is 68.3 Å². The molecule has 0 amide bonds. The molecule has 94 valence electrons. The highest BCUT2D eigenvalue weighted by molar-refractivity contribution is 5.94. The van der Waals surface area contributed by atoms with Crippen LogP contribution in [0.25, 0.3) is 0 Å². The molecule has 3 N–H and O–H groups in total. The van der Waals surface area contributed by atoms with Gasteiger partial charge in [-0.3, -0.25) is 5.41 Å². The summed E-state index contributed by atoms with van der Waals surface area (Å²) in [5, 5.41) is 7.18. The first-order valence-corrected chi connectivity index (χ1v) is 5.43. The van der Waals surface area contributed by atoms with Crippen LogP contribution in [0.2, 0.25) is 0 Å². The van der Waals surface area contributed by atoms with Gasteiger partial charge < -0.3 is 15.2 Å². The molecule has 17 heavy (non-hydrogen) atoms. The van der Waals surface area contributed by atoms with Gasteiger partial charge in [0.15, 0.2) is 0 Å². The fourth-order valence-electron chi connectivity index (χ4n) is 1.28. The van der Waals surface area contributed by atoms with Crippen molar-refractivity contribution in [2.45, 2.75) is 13.5 Å². The molecule has 4 nitrogen and oxygen atoms in total. The fraction of sp³-hybridized carbons (Fsp3) is 0.417. The molecule has 0 aromatic heterocycles. The molecule has 0 aliphatic rings. The Morgan fingerprint density at radius 1 is 1.35 bits per heavy atom. The van der Waals surface area contributed by atoms with Crippen molar-refractivity contribution in [3.8, 4) is 0 Å². The van der Waals surface area contributed by atoms with E-state index in [2.05, 4.69) is 0 Å². The second-order valence-electron chi connectivity index (χ2n) is 3.47. The Hall–Kier alpha value is -1.46. The number of amidine groups is 1. The molecule has 5 heteroatoms. The molecular formula is C12H17FN2O2. The van der Waals surface area contributed by atoms with Crippen LogP contribution in [0.15, 0.2) is 18.2 Å². The zero-order chi connectivity index (χ0) is 12.7. The van der Waals surface area contributed by atoms with E-state index in [1.807, 2.05) is 6.92 Å². The Morgan fingerprint density at radius 3 is 2.65 bits per heavy atom. The standard InChI is InChI=1S/C12H17FN2O2/c1-2-16-5-6-17-8-10-4-3-9(12(14)15)7-11(10)13/h3-4,7H,2,5-6,8H2,1H3,(H3,14,15). The SMILES string of the molecule is CCOCCOCc1ccc(C(=N)N)cc1F. The van der Waals surface area contributed by atoms with Crippen molar-refractivity contribution in [2.24, 2.45) is 5.73 Å². The van der Waals surface area contributed by atoms with E-state index >= 15 is 0 Å². The summed E-state index contributed by atoms with van der Waals surface area (Å²) < 4.78 is 23.9. The molecule has 0 aliphatic heterocycles. The maximum Gasteiger partial charge on any atom is 0.129 e. The maximum atomic E-state index is 13.5. The molecule has 0 saturated heterocycles. The van der Waals surface area contributed by atoms with E-state index in [4.69, 9.17) is 20.6 Å². The summed E-state index contributed by atoms with van der Waals surface area (Å²) in [5.41, 5.74) is 6.08. The van der Waals surface area contributed by atoms with Crippen LogP contribution < -0.4 is 5.73 Å². The maximum absolute atomic E-state index is 13.5. The van der Waals surface area contributed by atoms with Gasteiger partial charge in [-0.15, -0.1) is 0 Å². The second-order valence-corrected chi connectivity index (χ2v) is 3.47. The van der Waals surface area contributed by atoms with Crippen molar-refractivity contribution in [1.29, 1.82) is 5.41 Å². The smallest absolute Gasteiger partial charge is 0.129 e. The summed E-state index contributed by atoms with van der Waals surface area (Å²) >= 11 is 0. The van der Waals surface area contributed by atoms with Gasteiger partial charge in [0, 0.05) is 17.7 Å². The molecular weight excluding hydrogens is 223 g/mol. The van der Waals surface area contributed by atoms with Gasteiger partial charge in [0.25, 0.3) is 0 Å². The Balaban J connectivity index is 2.46. The van der Waals surface area contributed by atoms with E-state index in [-0.39, 0.29) is 12.4 Å². The molecule has 0 spiro atoms. The number of ether oxygens (including phenoxy) is 2. The molecule has 1 aromatic carbocycles. The van der Waals surface area contributed by atoms with Gasteiger partial charge in [0.05, 0.1) is 19.8 Å². The van der Waals surface area contributed by atoms with Gasteiger partial charge in [0.2, 0.25) is 0 Å². The number of nitrogen functional groups attached to an aromatic ring is 1. The van der Waals surface area contributed by atoms with Crippen molar-refractivity contribution < 1.29 is 13.9 Å². The minimum atomic E-state index is -0.408. The van der Waals surface area contributed by atoms with Crippen LogP contribution in [0.1, 0.15) is 18.1 Å². The number of nitrogens with two attached hydrogens (primary N) is 1. The van der Waals surface area contributed by atoms with Crippen molar-refractivity contribution >= 4 is 5.84 Å².